The monoisotopic (exact) mass is 216 g/mol. The number of carbonyl (C=O) groups is 1. The molecule has 5 heteroatoms. The standard InChI is InChI=1S/C9H10ClFN2O/c1-6(13-9(14)4-10)8-3-2-7(11)5-12-8/h2-3,5-6H,4H2,1H3,(H,13,14)/t6-/m1/s1. The maximum Gasteiger partial charge on any atom is 0.235 e. The molecule has 0 unspecified atom stereocenters. The molecule has 1 atom stereocenters. The van der Waals surface area contributed by atoms with E-state index in [0.717, 1.165) is 6.20 Å². The van der Waals surface area contributed by atoms with Crippen LogP contribution in [0, 0.1) is 5.82 Å². The number of aromatic nitrogens is 1. The third-order valence-corrected chi connectivity index (χ3v) is 1.94. The SMILES string of the molecule is C[C@@H](NC(=O)CCl)c1ccc(F)cn1. The number of pyridine rings is 1. The minimum Gasteiger partial charge on any atom is -0.347 e. The second kappa shape index (κ2) is 4.91. The molecule has 1 aromatic rings. The van der Waals surface area contributed by atoms with Crippen molar-refractivity contribution in [2.24, 2.45) is 0 Å². The molecule has 3 nitrogen and oxygen atoms in total. The van der Waals surface area contributed by atoms with Crippen molar-refractivity contribution in [2.45, 2.75) is 13.0 Å². The molecule has 0 radical (unpaired) electrons. The lowest BCUT2D eigenvalue weighted by molar-refractivity contribution is -0.119. The lowest BCUT2D eigenvalue weighted by atomic mass is 10.2. The zero-order chi connectivity index (χ0) is 10.6. The smallest absolute Gasteiger partial charge is 0.235 e. The van der Waals surface area contributed by atoms with Gasteiger partial charge in [-0.15, -0.1) is 11.6 Å². The Balaban J connectivity index is 2.65. The maximum atomic E-state index is 12.5. The van der Waals surface area contributed by atoms with Crippen LogP contribution in [0.5, 0.6) is 0 Å². The summed E-state index contributed by atoms with van der Waals surface area (Å²) in [6.45, 7) is 1.75. The Morgan fingerprint density at radius 2 is 2.43 bits per heavy atom. The molecule has 0 aliphatic heterocycles. The minimum atomic E-state index is -0.399. The maximum absolute atomic E-state index is 12.5. The molecular formula is C9H10ClFN2O. The first-order chi connectivity index (χ1) is 6.63. The van der Waals surface area contributed by atoms with Crippen LogP contribution >= 0.6 is 11.6 Å². The van der Waals surface area contributed by atoms with E-state index in [9.17, 15) is 9.18 Å². The van der Waals surface area contributed by atoms with E-state index in [0.29, 0.717) is 5.69 Å². The number of hydrogen-bond acceptors (Lipinski definition) is 2. The van der Waals surface area contributed by atoms with Crippen LogP contribution in [0.25, 0.3) is 0 Å². The number of alkyl halides is 1. The molecule has 0 spiro atoms. The highest BCUT2D eigenvalue weighted by Crippen LogP contribution is 2.08. The van der Waals surface area contributed by atoms with Gasteiger partial charge in [0.05, 0.1) is 17.9 Å². The normalized spacial score (nSPS) is 12.2. The summed E-state index contributed by atoms with van der Waals surface area (Å²) in [5.74, 6) is -0.763. The molecule has 0 bridgehead atoms. The highest BCUT2D eigenvalue weighted by Gasteiger charge is 2.09. The van der Waals surface area contributed by atoms with Crippen LogP contribution in [0.15, 0.2) is 18.3 Å². The van der Waals surface area contributed by atoms with Crippen LogP contribution in [0.2, 0.25) is 0 Å². The minimum absolute atomic E-state index is 0.0917. The van der Waals surface area contributed by atoms with Crippen molar-refractivity contribution in [3.8, 4) is 0 Å². The molecule has 0 fully saturated rings. The Morgan fingerprint density at radius 3 is 2.93 bits per heavy atom. The number of halogens is 2. The largest absolute Gasteiger partial charge is 0.347 e. The van der Waals surface area contributed by atoms with Crippen molar-refractivity contribution in [1.29, 1.82) is 0 Å². The van der Waals surface area contributed by atoms with Gasteiger partial charge >= 0.3 is 0 Å². The Labute approximate surface area is 86.3 Å². The first-order valence-electron chi connectivity index (χ1n) is 4.10. The van der Waals surface area contributed by atoms with Crippen LogP contribution in [0.1, 0.15) is 18.7 Å². The zero-order valence-corrected chi connectivity index (χ0v) is 8.38. The number of nitrogens with one attached hydrogen (secondary N) is 1. The second-order valence-corrected chi connectivity index (χ2v) is 3.09. The van der Waals surface area contributed by atoms with Gasteiger partial charge < -0.3 is 5.32 Å². The molecule has 1 heterocycles. The molecule has 1 rings (SSSR count). The van der Waals surface area contributed by atoms with Gasteiger partial charge in [-0.2, -0.15) is 0 Å². The van der Waals surface area contributed by atoms with Gasteiger partial charge in [-0.05, 0) is 19.1 Å². The van der Waals surface area contributed by atoms with Gasteiger partial charge in [0, 0.05) is 0 Å². The van der Waals surface area contributed by atoms with Crippen molar-refractivity contribution in [3.63, 3.8) is 0 Å². The summed E-state index contributed by atoms with van der Waals surface area (Å²) < 4.78 is 12.5. The molecular weight excluding hydrogens is 207 g/mol. The third-order valence-electron chi connectivity index (χ3n) is 1.69. The fraction of sp³-hybridized carbons (Fsp3) is 0.333. The highest BCUT2D eigenvalue weighted by molar-refractivity contribution is 6.27. The fourth-order valence-corrected chi connectivity index (χ4v) is 1.07. The average molecular weight is 217 g/mol. The molecule has 0 aromatic carbocycles. The van der Waals surface area contributed by atoms with E-state index in [1.54, 1.807) is 6.92 Å². The fourth-order valence-electron chi connectivity index (χ4n) is 0.997. The second-order valence-electron chi connectivity index (χ2n) is 2.82. The molecule has 0 saturated heterocycles. The van der Waals surface area contributed by atoms with E-state index >= 15 is 0 Å². The average Bonchev–Trinajstić information content (AvgIpc) is 2.18. The number of amides is 1. The first kappa shape index (κ1) is 10.9. The van der Waals surface area contributed by atoms with E-state index in [2.05, 4.69) is 10.3 Å². The van der Waals surface area contributed by atoms with Crippen molar-refractivity contribution in [3.05, 3.63) is 29.8 Å². The summed E-state index contributed by atoms with van der Waals surface area (Å²) in [6.07, 6.45) is 1.11. The molecule has 0 saturated carbocycles. The predicted molar refractivity (Wildman–Crippen MR) is 51.5 cm³/mol. The van der Waals surface area contributed by atoms with Gasteiger partial charge in [0.2, 0.25) is 5.91 Å². The van der Waals surface area contributed by atoms with Crippen molar-refractivity contribution >= 4 is 17.5 Å². The van der Waals surface area contributed by atoms with Gasteiger partial charge in [0.1, 0.15) is 11.7 Å². The van der Waals surface area contributed by atoms with E-state index < -0.39 is 5.82 Å². The summed E-state index contributed by atoms with van der Waals surface area (Å²) in [4.78, 5) is 14.8. The number of rotatable bonds is 3. The molecule has 76 valence electrons. The van der Waals surface area contributed by atoms with Crippen molar-refractivity contribution in [1.82, 2.24) is 10.3 Å². The Hall–Kier alpha value is -1.16. The van der Waals surface area contributed by atoms with Crippen LogP contribution in [-0.4, -0.2) is 16.8 Å². The van der Waals surface area contributed by atoms with Crippen LogP contribution in [0.3, 0.4) is 0 Å². The van der Waals surface area contributed by atoms with Crippen molar-refractivity contribution < 1.29 is 9.18 Å². The zero-order valence-electron chi connectivity index (χ0n) is 7.63. The topological polar surface area (TPSA) is 42.0 Å². The highest BCUT2D eigenvalue weighted by atomic mass is 35.5. The number of hydrogen-bond donors (Lipinski definition) is 1. The van der Waals surface area contributed by atoms with Gasteiger partial charge in [0.15, 0.2) is 0 Å². The quantitative estimate of drug-likeness (QED) is 0.781. The Bertz CT molecular complexity index is 315. The predicted octanol–water partition coefficient (Wildman–Crippen LogP) is 1.64. The van der Waals surface area contributed by atoms with Gasteiger partial charge in [-0.1, -0.05) is 0 Å². The number of nitrogens with zero attached hydrogens (tertiary/aromatic N) is 1. The summed E-state index contributed by atoms with van der Waals surface area (Å²) in [5, 5.41) is 2.61. The lowest BCUT2D eigenvalue weighted by Crippen LogP contribution is -2.28. The van der Waals surface area contributed by atoms with E-state index in [-0.39, 0.29) is 17.8 Å². The van der Waals surface area contributed by atoms with Crippen LogP contribution < -0.4 is 5.32 Å². The summed E-state index contributed by atoms with van der Waals surface area (Å²) in [7, 11) is 0. The third kappa shape index (κ3) is 2.96. The first-order valence-corrected chi connectivity index (χ1v) is 4.63. The molecule has 1 amide bonds. The lowest BCUT2D eigenvalue weighted by Gasteiger charge is -2.11. The van der Waals surface area contributed by atoms with Gasteiger partial charge in [-0.3, -0.25) is 9.78 Å². The van der Waals surface area contributed by atoms with Gasteiger partial charge in [0.25, 0.3) is 0 Å². The summed E-state index contributed by atoms with van der Waals surface area (Å²) in [6, 6.07) is 2.56. The van der Waals surface area contributed by atoms with Crippen molar-refractivity contribution in [2.75, 3.05) is 5.88 Å². The molecule has 1 aromatic heterocycles. The van der Waals surface area contributed by atoms with E-state index in [4.69, 9.17) is 11.6 Å². The van der Waals surface area contributed by atoms with Crippen LogP contribution in [0.4, 0.5) is 4.39 Å². The Morgan fingerprint density at radius 1 is 1.71 bits per heavy atom. The van der Waals surface area contributed by atoms with E-state index in [1.165, 1.54) is 12.1 Å². The summed E-state index contributed by atoms with van der Waals surface area (Å²) >= 11 is 5.32. The molecule has 14 heavy (non-hydrogen) atoms. The number of carbonyl (C=O) groups excluding carboxylic acids is 1. The van der Waals surface area contributed by atoms with Gasteiger partial charge in [-0.25, -0.2) is 4.39 Å². The summed E-state index contributed by atoms with van der Waals surface area (Å²) in [5.41, 5.74) is 0.602. The Kier molecular flexibility index (Phi) is 3.83. The van der Waals surface area contributed by atoms with E-state index in [1.807, 2.05) is 0 Å². The molecule has 0 aliphatic rings. The molecule has 0 aliphatic carbocycles. The van der Waals surface area contributed by atoms with Crippen LogP contribution in [-0.2, 0) is 4.79 Å². The molecule has 1 N–H and O–H groups in total.